The molecule has 0 bridgehead atoms. The zero-order valence-electron chi connectivity index (χ0n) is 8.99. The van der Waals surface area contributed by atoms with Gasteiger partial charge in [0.2, 0.25) is 5.82 Å². The number of nitrogens with one attached hydrogen (secondary N) is 2. The van der Waals surface area contributed by atoms with Gasteiger partial charge >= 0.3 is 11.9 Å². The number of hydrogen-bond donors (Lipinski definition) is 3. The number of halogens is 3. The Balaban J connectivity index is 2.81. The Kier molecular flexibility index (Phi) is 4.26. The summed E-state index contributed by atoms with van der Waals surface area (Å²) in [5.74, 6) is 4.90. The highest BCUT2D eigenvalue weighted by molar-refractivity contribution is 5.59. The summed E-state index contributed by atoms with van der Waals surface area (Å²) in [6.45, 7) is -0.509. The van der Waals surface area contributed by atoms with Gasteiger partial charge in [0.25, 0.3) is 0 Å². The lowest BCUT2D eigenvalue weighted by atomic mass is 10.3. The molecule has 0 fully saturated rings. The summed E-state index contributed by atoms with van der Waals surface area (Å²) in [7, 11) is 0. The minimum atomic E-state index is -4.34. The monoisotopic (exact) mass is 265 g/mol. The maximum absolute atomic E-state index is 11.9. The molecule has 10 heteroatoms. The minimum Gasteiger partial charge on any atom is -0.364 e. The highest BCUT2D eigenvalue weighted by Crippen LogP contribution is 2.25. The summed E-state index contributed by atoms with van der Waals surface area (Å²) in [6.07, 6.45) is -5.46. The van der Waals surface area contributed by atoms with E-state index in [1.165, 1.54) is 6.07 Å². The lowest BCUT2D eigenvalue weighted by molar-refractivity contribution is -0.384. The number of alkyl halides is 3. The molecule has 4 N–H and O–H groups in total. The van der Waals surface area contributed by atoms with Crippen molar-refractivity contribution in [2.45, 2.75) is 12.6 Å². The van der Waals surface area contributed by atoms with Crippen LogP contribution in [0.3, 0.4) is 0 Å². The van der Waals surface area contributed by atoms with Crippen molar-refractivity contribution in [3.63, 3.8) is 0 Å². The van der Waals surface area contributed by atoms with Crippen molar-refractivity contribution in [3.8, 4) is 0 Å². The van der Waals surface area contributed by atoms with E-state index in [0.717, 1.165) is 6.07 Å². The largest absolute Gasteiger partial charge is 0.390 e. The van der Waals surface area contributed by atoms with Crippen molar-refractivity contribution in [1.29, 1.82) is 0 Å². The molecule has 0 saturated heterocycles. The van der Waals surface area contributed by atoms with Crippen LogP contribution in [0.15, 0.2) is 12.1 Å². The first-order valence-electron chi connectivity index (χ1n) is 4.76. The van der Waals surface area contributed by atoms with E-state index in [1.54, 1.807) is 0 Å². The molecule has 0 radical (unpaired) electrons. The number of nitrogens with zero attached hydrogens (tertiary/aromatic N) is 2. The van der Waals surface area contributed by atoms with Gasteiger partial charge in [0, 0.05) is 12.6 Å². The Bertz CT molecular complexity index is 437. The molecule has 0 spiro atoms. The Morgan fingerprint density at radius 1 is 1.44 bits per heavy atom. The van der Waals surface area contributed by atoms with Crippen LogP contribution in [0.1, 0.15) is 6.42 Å². The summed E-state index contributed by atoms with van der Waals surface area (Å²) in [6, 6.07) is 2.34. The van der Waals surface area contributed by atoms with Crippen LogP contribution < -0.4 is 16.6 Å². The summed E-state index contributed by atoms with van der Waals surface area (Å²) >= 11 is 0. The van der Waals surface area contributed by atoms with Crippen LogP contribution in [-0.2, 0) is 0 Å². The smallest absolute Gasteiger partial charge is 0.364 e. The normalized spacial score (nSPS) is 11.1. The van der Waals surface area contributed by atoms with Gasteiger partial charge in [-0.3, -0.25) is 10.1 Å². The van der Waals surface area contributed by atoms with E-state index in [1.807, 2.05) is 0 Å². The van der Waals surface area contributed by atoms with E-state index in [-0.39, 0.29) is 11.6 Å². The van der Waals surface area contributed by atoms with Crippen LogP contribution in [0.25, 0.3) is 0 Å². The first-order valence-corrected chi connectivity index (χ1v) is 4.76. The van der Waals surface area contributed by atoms with Gasteiger partial charge in [-0.15, -0.1) is 0 Å². The van der Waals surface area contributed by atoms with E-state index in [4.69, 9.17) is 5.84 Å². The number of anilines is 2. The highest BCUT2D eigenvalue weighted by Gasteiger charge is 2.27. The van der Waals surface area contributed by atoms with E-state index in [9.17, 15) is 23.3 Å². The van der Waals surface area contributed by atoms with Crippen molar-refractivity contribution in [3.05, 3.63) is 22.2 Å². The second-order valence-electron chi connectivity index (χ2n) is 3.26. The van der Waals surface area contributed by atoms with Crippen LogP contribution in [0.5, 0.6) is 0 Å². The zero-order valence-corrected chi connectivity index (χ0v) is 8.99. The summed E-state index contributed by atoms with van der Waals surface area (Å²) in [4.78, 5) is 13.6. The molecule has 0 atom stereocenters. The Morgan fingerprint density at radius 3 is 2.61 bits per heavy atom. The topological polar surface area (TPSA) is 106 Å². The molecule has 0 aliphatic rings. The van der Waals surface area contributed by atoms with Gasteiger partial charge in [-0.1, -0.05) is 0 Å². The Morgan fingerprint density at radius 2 is 2.11 bits per heavy atom. The molecular formula is C8H10F3N5O2. The quantitative estimate of drug-likeness (QED) is 0.424. The minimum absolute atomic E-state index is 0.107. The summed E-state index contributed by atoms with van der Waals surface area (Å²) in [5.41, 5.74) is 1.72. The van der Waals surface area contributed by atoms with Gasteiger partial charge in [0.05, 0.1) is 11.3 Å². The van der Waals surface area contributed by atoms with Crippen molar-refractivity contribution >= 4 is 17.3 Å². The molecule has 1 heterocycles. The lowest BCUT2D eigenvalue weighted by Gasteiger charge is -2.09. The molecule has 0 aliphatic carbocycles. The molecule has 0 aliphatic heterocycles. The maximum atomic E-state index is 11.9. The fraction of sp³-hybridized carbons (Fsp3) is 0.375. The standard InChI is InChI=1S/C8H10F3N5O2/c9-8(10,11)3-4-13-7-5(16(17)18)1-2-6(14-7)15-12/h1-2H,3-4,12H2,(H2,13,14,15). The number of nitrogen functional groups attached to an aromatic ring is 1. The van der Waals surface area contributed by atoms with Gasteiger partial charge < -0.3 is 10.7 Å². The third-order valence-electron chi connectivity index (χ3n) is 1.92. The summed E-state index contributed by atoms with van der Waals surface area (Å²) < 4.78 is 35.8. The van der Waals surface area contributed by atoms with Crippen molar-refractivity contribution in [1.82, 2.24) is 4.98 Å². The molecule has 1 aromatic rings. The zero-order chi connectivity index (χ0) is 13.8. The SMILES string of the molecule is NNc1ccc([N+](=O)[O-])c(NCCC(F)(F)F)n1. The molecular weight excluding hydrogens is 255 g/mol. The average Bonchev–Trinajstić information content (AvgIpc) is 2.26. The third kappa shape index (κ3) is 4.05. The van der Waals surface area contributed by atoms with Crippen molar-refractivity contribution in [2.24, 2.45) is 5.84 Å². The van der Waals surface area contributed by atoms with Gasteiger partial charge in [0.15, 0.2) is 0 Å². The van der Waals surface area contributed by atoms with Crippen LogP contribution in [0.2, 0.25) is 0 Å². The van der Waals surface area contributed by atoms with Crippen LogP contribution >= 0.6 is 0 Å². The Labute approximate surface area is 99.3 Å². The van der Waals surface area contributed by atoms with Crippen LogP contribution in [0.4, 0.5) is 30.5 Å². The second kappa shape index (κ2) is 5.49. The number of hydrogen-bond acceptors (Lipinski definition) is 6. The van der Waals surface area contributed by atoms with E-state index >= 15 is 0 Å². The number of hydrazine groups is 1. The molecule has 0 amide bonds. The fourth-order valence-electron chi connectivity index (χ4n) is 1.13. The third-order valence-corrected chi connectivity index (χ3v) is 1.92. The molecule has 18 heavy (non-hydrogen) atoms. The van der Waals surface area contributed by atoms with Gasteiger partial charge in [0.1, 0.15) is 5.82 Å². The molecule has 1 rings (SSSR count). The number of rotatable bonds is 5. The number of nitro groups is 1. The second-order valence-corrected chi connectivity index (χ2v) is 3.26. The Hall–Kier alpha value is -2.10. The van der Waals surface area contributed by atoms with Crippen LogP contribution in [-0.4, -0.2) is 22.6 Å². The number of nitrogens with two attached hydrogens (primary N) is 1. The maximum Gasteiger partial charge on any atom is 0.390 e. The predicted octanol–water partition coefficient (Wildman–Crippen LogP) is 1.64. The van der Waals surface area contributed by atoms with E-state index in [0.29, 0.717) is 0 Å². The first-order chi connectivity index (χ1) is 8.33. The fourth-order valence-corrected chi connectivity index (χ4v) is 1.13. The molecule has 0 aromatic carbocycles. The lowest BCUT2D eigenvalue weighted by Crippen LogP contribution is -2.16. The van der Waals surface area contributed by atoms with E-state index < -0.39 is 29.8 Å². The predicted molar refractivity (Wildman–Crippen MR) is 57.9 cm³/mol. The van der Waals surface area contributed by atoms with Gasteiger partial charge in [-0.25, -0.2) is 10.8 Å². The molecule has 100 valence electrons. The van der Waals surface area contributed by atoms with Gasteiger partial charge in [-0.2, -0.15) is 13.2 Å². The van der Waals surface area contributed by atoms with Gasteiger partial charge in [-0.05, 0) is 6.07 Å². The molecule has 0 saturated carbocycles. The molecule has 1 aromatic heterocycles. The van der Waals surface area contributed by atoms with Crippen molar-refractivity contribution in [2.75, 3.05) is 17.3 Å². The van der Waals surface area contributed by atoms with E-state index in [2.05, 4.69) is 15.7 Å². The first kappa shape index (κ1) is 14.0. The average molecular weight is 265 g/mol. The van der Waals surface area contributed by atoms with Crippen LogP contribution in [0, 0.1) is 10.1 Å². The summed E-state index contributed by atoms with van der Waals surface area (Å²) in [5, 5.41) is 12.9. The highest BCUT2D eigenvalue weighted by atomic mass is 19.4. The molecule has 7 nitrogen and oxygen atoms in total. The number of pyridine rings is 1. The van der Waals surface area contributed by atoms with Crippen molar-refractivity contribution < 1.29 is 18.1 Å². The molecule has 0 unspecified atom stereocenters. The number of aromatic nitrogens is 1.